The van der Waals surface area contributed by atoms with Gasteiger partial charge in [0.15, 0.2) is 0 Å². The van der Waals surface area contributed by atoms with Gasteiger partial charge in [-0.1, -0.05) is 163 Å². The van der Waals surface area contributed by atoms with Crippen LogP contribution in [0.4, 0.5) is 0 Å². The van der Waals surface area contributed by atoms with Crippen LogP contribution >= 0.6 is 0 Å². The number of hydrogen-bond donors (Lipinski definition) is 0. The van der Waals surface area contributed by atoms with E-state index in [2.05, 4.69) is 0 Å². The first-order chi connectivity index (χ1) is 28.5. The maximum absolute atomic E-state index is 11.8. The maximum atomic E-state index is 11.8. The zero-order chi connectivity index (χ0) is 41.1. The number of carbonyl (C=O) groups excluding carboxylic acids is 4. The molecule has 0 N–H and O–H groups in total. The van der Waals surface area contributed by atoms with Crippen LogP contribution in [0, 0.1) is 0 Å². The molecule has 4 rings (SSSR count). The van der Waals surface area contributed by atoms with Crippen LogP contribution in [0.15, 0.2) is 121 Å². The predicted octanol–water partition coefficient (Wildman–Crippen LogP) is 13.0. The van der Waals surface area contributed by atoms with Crippen LogP contribution in [0.5, 0.6) is 23.0 Å². The molecule has 0 amide bonds. The molecule has 0 spiro atoms. The Balaban J connectivity index is 0.000000311. The van der Waals surface area contributed by atoms with Crippen molar-refractivity contribution in [3.63, 3.8) is 0 Å². The van der Waals surface area contributed by atoms with Crippen molar-refractivity contribution in [2.24, 2.45) is 0 Å². The van der Waals surface area contributed by atoms with E-state index in [1.807, 2.05) is 72.8 Å². The summed E-state index contributed by atoms with van der Waals surface area (Å²) < 4.78 is 21.1. The number of benzene rings is 4. The molecule has 0 heterocycles. The minimum Gasteiger partial charge on any atom is -0.427 e. The number of esters is 4. The van der Waals surface area contributed by atoms with Gasteiger partial charge in [-0.15, -0.1) is 0 Å². The van der Waals surface area contributed by atoms with E-state index in [0.717, 1.165) is 64.2 Å². The lowest BCUT2D eigenvalue weighted by atomic mass is 10.1. The summed E-state index contributed by atoms with van der Waals surface area (Å²) in [5.41, 5.74) is 0. The summed E-state index contributed by atoms with van der Waals surface area (Å²) in [6.45, 7) is 0. The highest BCUT2D eigenvalue weighted by Gasteiger charge is 2.07. The lowest BCUT2D eigenvalue weighted by Crippen LogP contribution is -2.07. The van der Waals surface area contributed by atoms with Crippen molar-refractivity contribution in [2.75, 3.05) is 0 Å². The molecule has 58 heavy (non-hydrogen) atoms. The molecule has 4 aromatic rings. The Bertz CT molecular complexity index is 1520. The predicted molar refractivity (Wildman–Crippen MR) is 230 cm³/mol. The molecule has 0 fully saturated rings. The summed E-state index contributed by atoms with van der Waals surface area (Å²) in [4.78, 5) is 47.0. The molecular weight excluding hydrogens is 729 g/mol. The minimum absolute atomic E-state index is 0.145. The lowest BCUT2D eigenvalue weighted by Gasteiger charge is -2.05. The Labute approximate surface area is 346 Å². The van der Waals surface area contributed by atoms with Gasteiger partial charge in [-0.2, -0.15) is 0 Å². The normalized spacial score (nSPS) is 10.5. The Morgan fingerprint density at radius 2 is 0.397 bits per heavy atom. The van der Waals surface area contributed by atoms with Crippen LogP contribution in [0.25, 0.3) is 0 Å². The van der Waals surface area contributed by atoms with Crippen LogP contribution in [0.1, 0.15) is 141 Å². The van der Waals surface area contributed by atoms with Crippen LogP contribution in [-0.2, 0) is 19.2 Å². The highest BCUT2D eigenvalue weighted by atomic mass is 16.5. The summed E-state index contributed by atoms with van der Waals surface area (Å²) in [6, 6.07) is 36.8. The summed E-state index contributed by atoms with van der Waals surface area (Å²) >= 11 is 0. The number of ether oxygens (including phenoxy) is 4. The first-order valence-electron chi connectivity index (χ1n) is 21.5. The summed E-state index contributed by atoms with van der Waals surface area (Å²) in [6.07, 6.45) is 21.6. The number of hydrogen-bond acceptors (Lipinski definition) is 8. The van der Waals surface area contributed by atoms with Crippen molar-refractivity contribution < 1.29 is 38.1 Å². The molecule has 8 heteroatoms. The molecule has 0 unspecified atom stereocenters. The van der Waals surface area contributed by atoms with E-state index < -0.39 is 0 Å². The monoisotopic (exact) mass is 792 g/mol. The fraction of sp³-hybridized carbons (Fsp3) is 0.440. The molecule has 0 aliphatic rings. The van der Waals surface area contributed by atoms with Gasteiger partial charge in [-0.25, -0.2) is 0 Å². The second-order valence-electron chi connectivity index (χ2n) is 14.5. The zero-order valence-electron chi connectivity index (χ0n) is 34.4. The van der Waals surface area contributed by atoms with Gasteiger partial charge in [0.1, 0.15) is 23.0 Å². The first-order valence-corrected chi connectivity index (χ1v) is 21.5. The third-order valence-electron chi connectivity index (χ3n) is 9.42. The Morgan fingerprint density at radius 1 is 0.241 bits per heavy atom. The fourth-order valence-electron chi connectivity index (χ4n) is 6.24. The Kier molecular flexibility index (Phi) is 25.8. The third kappa shape index (κ3) is 25.1. The second-order valence-corrected chi connectivity index (χ2v) is 14.5. The van der Waals surface area contributed by atoms with E-state index in [1.54, 1.807) is 48.5 Å². The van der Waals surface area contributed by atoms with E-state index in [4.69, 9.17) is 18.9 Å². The molecule has 0 atom stereocenters. The molecule has 4 aromatic carbocycles. The SMILES string of the molecule is O=C(CCCCCCCCCCC(=O)Oc1ccccc1)Oc1ccccc1.O=C(CCCCCCCCCCCCC(=O)Oc1ccccc1)Oc1ccccc1. The Hall–Kier alpha value is -5.24. The van der Waals surface area contributed by atoms with Gasteiger partial charge < -0.3 is 18.9 Å². The average Bonchev–Trinajstić information content (AvgIpc) is 3.23. The molecule has 0 saturated heterocycles. The van der Waals surface area contributed by atoms with E-state index in [1.165, 1.54) is 51.4 Å². The number of carbonyl (C=O) groups is 4. The molecule has 0 aromatic heterocycles. The van der Waals surface area contributed by atoms with Gasteiger partial charge in [0.2, 0.25) is 0 Å². The zero-order valence-corrected chi connectivity index (χ0v) is 34.4. The lowest BCUT2D eigenvalue weighted by molar-refractivity contribution is -0.135. The smallest absolute Gasteiger partial charge is 0.311 e. The molecule has 0 saturated carbocycles. The maximum Gasteiger partial charge on any atom is 0.311 e. The van der Waals surface area contributed by atoms with E-state index >= 15 is 0 Å². The van der Waals surface area contributed by atoms with Crippen LogP contribution in [-0.4, -0.2) is 23.9 Å². The van der Waals surface area contributed by atoms with Crippen LogP contribution in [0.2, 0.25) is 0 Å². The quantitative estimate of drug-likeness (QED) is 0.0318. The first kappa shape index (κ1) is 47.1. The largest absolute Gasteiger partial charge is 0.427 e. The number of unbranched alkanes of at least 4 members (excludes halogenated alkanes) is 16. The van der Waals surface area contributed by atoms with E-state index in [-0.39, 0.29) is 23.9 Å². The van der Waals surface area contributed by atoms with Gasteiger partial charge >= 0.3 is 23.9 Å². The number of para-hydroxylation sites is 4. The van der Waals surface area contributed by atoms with Gasteiger partial charge in [0.05, 0.1) is 0 Å². The van der Waals surface area contributed by atoms with E-state index in [9.17, 15) is 19.2 Å². The molecule has 0 aliphatic carbocycles. The molecule has 0 aliphatic heterocycles. The van der Waals surface area contributed by atoms with Gasteiger partial charge in [0.25, 0.3) is 0 Å². The standard InChI is InChI=1S/C26H34O4.C24H30O4/c27-25(29-23-17-11-9-12-18-23)21-15-7-5-3-1-2-4-6-8-16-22-26(28)30-24-19-13-10-14-20-24;25-23(27-21-15-9-7-10-16-21)19-13-5-3-1-2-4-6-14-20-24(26)28-22-17-11-8-12-18-22/h9-14,17-20H,1-8,15-16,21-22H2;7-12,15-18H,1-6,13-14,19-20H2. The van der Waals surface area contributed by atoms with Crippen molar-refractivity contribution in [1.29, 1.82) is 0 Å². The molecule has 312 valence electrons. The summed E-state index contributed by atoms with van der Waals surface area (Å²) in [5.74, 6) is 1.86. The third-order valence-corrected chi connectivity index (χ3v) is 9.42. The highest BCUT2D eigenvalue weighted by Crippen LogP contribution is 2.17. The van der Waals surface area contributed by atoms with Crippen molar-refractivity contribution in [3.05, 3.63) is 121 Å². The minimum atomic E-state index is -0.159. The Morgan fingerprint density at radius 3 is 0.569 bits per heavy atom. The van der Waals surface area contributed by atoms with Gasteiger partial charge in [-0.05, 0) is 74.2 Å². The average molecular weight is 793 g/mol. The number of rotatable bonds is 28. The van der Waals surface area contributed by atoms with Crippen molar-refractivity contribution in [1.82, 2.24) is 0 Å². The van der Waals surface area contributed by atoms with Crippen LogP contribution < -0.4 is 18.9 Å². The van der Waals surface area contributed by atoms with Crippen molar-refractivity contribution in [2.45, 2.75) is 141 Å². The highest BCUT2D eigenvalue weighted by molar-refractivity contribution is 5.73. The molecule has 0 bridgehead atoms. The topological polar surface area (TPSA) is 105 Å². The van der Waals surface area contributed by atoms with Crippen LogP contribution in [0.3, 0.4) is 0 Å². The molecular formula is C50H64O8. The summed E-state index contributed by atoms with van der Waals surface area (Å²) in [5, 5.41) is 0. The van der Waals surface area contributed by atoms with Crippen molar-refractivity contribution in [3.8, 4) is 23.0 Å². The van der Waals surface area contributed by atoms with Crippen molar-refractivity contribution >= 4 is 23.9 Å². The fourth-order valence-corrected chi connectivity index (χ4v) is 6.24. The summed E-state index contributed by atoms with van der Waals surface area (Å²) in [7, 11) is 0. The molecule has 0 radical (unpaired) electrons. The van der Waals surface area contributed by atoms with Gasteiger partial charge in [0, 0.05) is 25.7 Å². The second kappa shape index (κ2) is 31.8. The van der Waals surface area contributed by atoms with E-state index in [0.29, 0.717) is 48.7 Å². The van der Waals surface area contributed by atoms with Gasteiger partial charge in [-0.3, -0.25) is 19.2 Å². The molecule has 8 nitrogen and oxygen atoms in total.